The average molecular weight is 868 g/mol. The van der Waals surface area contributed by atoms with E-state index in [0.717, 1.165) is 21.8 Å². The zero-order valence-corrected chi connectivity index (χ0v) is 38.1. The third kappa shape index (κ3) is 9.27. The molecule has 0 saturated carbocycles. The largest absolute Gasteiger partial charge is 0.458 e. The van der Waals surface area contributed by atoms with E-state index in [1.54, 1.807) is 29.4 Å². The topological polar surface area (TPSA) is 163 Å². The number of rotatable bonds is 8. The number of hydrogen-bond donors (Lipinski definition) is 1. The summed E-state index contributed by atoms with van der Waals surface area (Å²) in [7, 11) is 3.88. The molecule has 16 heteroatoms. The minimum Gasteiger partial charge on any atom is -0.458 e. The maximum atomic E-state index is 14.6. The van der Waals surface area contributed by atoms with Crippen LogP contribution in [-0.4, -0.2) is 144 Å². The van der Waals surface area contributed by atoms with Crippen molar-refractivity contribution >= 4 is 34.8 Å². The van der Waals surface area contributed by atoms with Gasteiger partial charge in [0.15, 0.2) is 11.9 Å². The van der Waals surface area contributed by atoms with Gasteiger partial charge in [0.1, 0.15) is 29.5 Å². The Hall–Kier alpha value is -3.51. The minimum atomic E-state index is -1.14. The van der Waals surface area contributed by atoms with Crippen LogP contribution in [0.5, 0.6) is 0 Å². The van der Waals surface area contributed by atoms with Crippen molar-refractivity contribution in [2.75, 3.05) is 40.4 Å². The second-order valence-electron chi connectivity index (χ2n) is 18.3. The number of benzene rings is 1. The van der Waals surface area contributed by atoms with E-state index in [1.165, 1.54) is 0 Å². The number of likely N-dealkylation sites (N-methyl/N-ethyl adjacent to an activating group) is 1. The van der Waals surface area contributed by atoms with Gasteiger partial charge in [-0.3, -0.25) is 14.7 Å². The Balaban J connectivity index is 1.29. The number of nitrogens with zero attached hydrogens (tertiary/aromatic N) is 5. The van der Waals surface area contributed by atoms with E-state index in [1.807, 2.05) is 83.3 Å². The van der Waals surface area contributed by atoms with Gasteiger partial charge in [-0.2, -0.15) is 0 Å². The molecule has 0 spiro atoms. The summed E-state index contributed by atoms with van der Waals surface area (Å²) in [6.07, 6.45) is -1.65. The van der Waals surface area contributed by atoms with Crippen molar-refractivity contribution in [3.05, 3.63) is 41.4 Å². The number of aliphatic imine (C=N–C) groups is 1. The highest BCUT2D eigenvalue weighted by molar-refractivity contribution is 7.13. The standard InChI is InChI=1S/C45H65N5O10S/c1-11-34-45(8)38-27(4)35(46-15-17-50(38)43(53)60-45)25(2)21-44(7)39(59-42-36(51)33(49(9)10)19-26(3)57-42)28(5)37(29(6)41(52)58-34)54-23-32(24-55-44)48-56-22-30-13-12-14-31(20-30)40-47-16-18-61-40/h12-14,16,18,20,25-29,33-34,36-39,42,51H,11,15,17,19,21-24H2,1-10H3/t25-,26+,27+,28+,29+,33-,34-,36+,37+,38-,39-,42-,44-,45-/m1/s1. The molecule has 1 N–H and O–H groups in total. The van der Waals surface area contributed by atoms with Crippen LogP contribution in [0.15, 0.2) is 46.0 Å². The summed E-state index contributed by atoms with van der Waals surface area (Å²) in [5.74, 6) is -2.25. The Labute approximate surface area is 364 Å². The van der Waals surface area contributed by atoms with E-state index >= 15 is 0 Å². The van der Waals surface area contributed by atoms with Gasteiger partial charge in [0.05, 0.1) is 55.6 Å². The van der Waals surface area contributed by atoms with Gasteiger partial charge in [0.2, 0.25) is 0 Å². The first-order valence-corrected chi connectivity index (χ1v) is 22.7. The van der Waals surface area contributed by atoms with Crippen molar-refractivity contribution in [3.63, 3.8) is 0 Å². The lowest BCUT2D eigenvalue weighted by atomic mass is 9.72. The molecule has 14 atom stereocenters. The van der Waals surface area contributed by atoms with Gasteiger partial charge in [-0.15, -0.1) is 11.3 Å². The van der Waals surface area contributed by atoms with Crippen LogP contribution in [0.25, 0.3) is 10.6 Å². The number of aromatic nitrogens is 1. The van der Waals surface area contributed by atoms with Crippen LogP contribution >= 0.6 is 11.3 Å². The summed E-state index contributed by atoms with van der Waals surface area (Å²) in [5.41, 5.74) is 1.09. The Bertz CT molecular complexity index is 1910. The third-order valence-electron chi connectivity index (χ3n) is 13.6. The zero-order valence-electron chi connectivity index (χ0n) is 37.3. The number of oxime groups is 1. The highest BCUT2D eigenvalue weighted by atomic mass is 32.1. The smallest absolute Gasteiger partial charge is 0.410 e. The van der Waals surface area contributed by atoms with E-state index in [2.05, 4.69) is 24.0 Å². The summed E-state index contributed by atoms with van der Waals surface area (Å²) in [5, 5.41) is 19.3. The summed E-state index contributed by atoms with van der Waals surface area (Å²) < 4.78 is 40.0. The second kappa shape index (κ2) is 18.7. The minimum absolute atomic E-state index is 0.000260. The highest BCUT2D eigenvalue weighted by Gasteiger charge is 2.60. The third-order valence-corrected chi connectivity index (χ3v) is 14.4. The van der Waals surface area contributed by atoms with Crippen molar-refractivity contribution in [1.82, 2.24) is 14.8 Å². The van der Waals surface area contributed by atoms with Crippen LogP contribution in [0.2, 0.25) is 0 Å². The highest BCUT2D eigenvalue weighted by Crippen LogP contribution is 2.45. The molecule has 1 amide bonds. The van der Waals surface area contributed by atoms with Crippen molar-refractivity contribution in [2.24, 2.45) is 33.8 Å². The predicted octanol–water partition coefficient (Wildman–Crippen LogP) is 5.97. The molecule has 2 aromatic rings. The molecule has 4 fully saturated rings. The maximum Gasteiger partial charge on any atom is 0.410 e. The van der Waals surface area contributed by atoms with E-state index in [4.69, 9.17) is 38.3 Å². The van der Waals surface area contributed by atoms with Gasteiger partial charge in [0.25, 0.3) is 0 Å². The van der Waals surface area contributed by atoms with Gasteiger partial charge in [0, 0.05) is 47.3 Å². The lowest BCUT2D eigenvalue weighted by Gasteiger charge is -2.48. The number of cyclic esters (lactones) is 1. The second-order valence-corrected chi connectivity index (χ2v) is 19.2. The van der Waals surface area contributed by atoms with Crippen LogP contribution in [0, 0.1) is 23.7 Å². The van der Waals surface area contributed by atoms with E-state index < -0.39 is 71.8 Å². The SMILES string of the molecule is CC[C@H]1OC(=O)[C@@H](C)[C@H]2OCC(=NOCc3cccc(-c4nccs4)c3)CO[C@](C)(C[C@@H](C)C3=NCCN4C(=O)O[C@@]1(C)[C@H]4[C@H]3C)[C@H](O[C@H]1O[C@@H](C)C[C@@H](N(C)C)[C@@H]1O)[C@H]2C. The van der Waals surface area contributed by atoms with E-state index in [-0.39, 0.29) is 43.8 Å². The fourth-order valence-electron chi connectivity index (χ4n) is 10.6. The number of thiazole rings is 1. The molecule has 1 aromatic carbocycles. The molecule has 15 nitrogen and oxygen atoms in total. The zero-order chi connectivity index (χ0) is 43.8. The molecule has 336 valence electrons. The molecular formula is C45H65N5O10S. The van der Waals surface area contributed by atoms with Crippen LogP contribution < -0.4 is 0 Å². The quantitative estimate of drug-likeness (QED) is 0.245. The predicted molar refractivity (Wildman–Crippen MR) is 230 cm³/mol. The Morgan fingerprint density at radius 3 is 2.61 bits per heavy atom. The normalized spacial score (nSPS) is 39.4. The Morgan fingerprint density at radius 2 is 1.89 bits per heavy atom. The molecule has 5 aliphatic rings. The van der Waals surface area contributed by atoms with Crippen molar-refractivity contribution < 1.29 is 48.0 Å². The lowest BCUT2D eigenvalue weighted by molar-refractivity contribution is -0.302. The molecule has 61 heavy (non-hydrogen) atoms. The molecule has 0 aliphatic carbocycles. The number of aliphatic hydroxyl groups is 1. The van der Waals surface area contributed by atoms with E-state index in [9.17, 15) is 14.7 Å². The number of aliphatic hydroxyl groups excluding tert-OH is 1. The van der Waals surface area contributed by atoms with Gasteiger partial charge < -0.3 is 43.3 Å². The molecule has 0 unspecified atom stereocenters. The average Bonchev–Trinajstić information content (AvgIpc) is 3.81. The lowest BCUT2D eigenvalue weighted by Crippen LogP contribution is -2.60. The summed E-state index contributed by atoms with van der Waals surface area (Å²) in [4.78, 5) is 47.5. The monoisotopic (exact) mass is 867 g/mol. The van der Waals surface area contributed by atoms with Gasteiger partial charge in [-0.05, 0) is 78.6 Å². The molecule has 1 aromatic heterocycles. The van der Waals surface area contributed by atoms with E-state index in [0.29, 0.717) is 38.1 Å². The first-order valence-electron chi connectivity index (χ1n) is 21.9. The molecule has 7 rings (SSSR count). The number of ether oxygens (including phenoxy) is 6. The van der Waals surface area contributed by atoms with Gasteiger partial charge in [-0.25, -0.2) is 9.78 Å². The maximum absolute atomic E-state index is 14.6. The number of carbonyl (C=O) groups is 2. The molecule has 5 aliphatic heterocycles. The van der Waals surface area contributed by atoms with Gasteiger partial charge >= 0.3 is 12.1 Å². The number of hydrogen-bond acceptors (Lipinski definition) is 15. The first kappa shape index (κ1) is 45.5. The summed E-state index contributed by atoms with van der Waals surface area (Å²) in [6, 6.07) is 7.34. The van der Waals surface area contributed by atoms with Crippen LogP contribution in [-0.2, 0) is 44.7 Å². The van der Waals surface area contributed by atoms with Crippen molar-refractivity contribution in [3.8, 4) is 10.6 Å². The van der Waals surface area contributed by atoms with Crippen LogP contribution in [0.1, 0.15) is 80.2 Å². The molecule has 6 heterocycles. The van der Waals surface area contributed by atoms with Crippen molar-refractivity contribution in [1.29, 1.82) is 0 Å². The van der Waals surface area contributed by atoms with Crippen LogP contribution in [0.4, 0.5) is 4.79 Å². The Kier molecular flexibility index (Phi) is 13.9. The molecule has 4 saturated heterocycles. The first-order chi connectivity index (χ1) is 29.0. The summed E-state index contributed by atoms with van der Waals surface area (Å²) >= 11 is 1.57. The van der Waals surface area contributed by atoms with Crippen molar-refractivity contribution in [2.45, 2.75) is 141 Å². The molecular weight excluding hydrogens is 803 g/mol. The fourth-order valence-corrected chi connectivity index (χ4v) is 11.2. The van der Waals surface area contributed by atoms with Crippen LogP contribution in [0.3, 0.4) is 0 Å². The Morgan fingerprint density at radius 1 is 1.10 bits per heavy atom. The number of carbonyl (C=O) groups excluding carboxylic acids is 2. The van der Waals surface area contributed by atoms with Gasteiger partial charge in [-0.1, -0.05) is 51.0 Å². The summed E-state index contributed by atoms with van der Waals surface area (Å²) in [6.45, 7) is 16.8. The molecule has 4 bridgehead atoms. The number of esters is 1. The fraction of sp³-hybridized carbons (Fsp3) is 0.711. The number of fused-ring (bicyclic) bond motifs is 4. The number of amides is 1. The molecule has 0 radical (unpaired) electrons.